The third-order valence-corrected chi connectivity index (χ3v) is 11.0. The van der Waals surface area contributed by atoms with Crippen LogP contribution in [-0.4, -0.2) is 55.9 Å². The molecule has 1 aromatic heterocycles. The molecule has 6 rings (SSSR count). The Labute approximate surface area is 267 Å². The number of nitrogens with one attached hydrogen (secondary N) is 2. The molecule has 0 amide bonds. The number of hydrogen-bond acceptors (Lipinski definition) is 7. The van der Waals surface area contributed by atoms with Crippen LogP contribution in [0.1, 0.15) is 69.3 Å². The minimum absolute atomic E-state index is 0.0850. The summed E-state index contributed by atoms with van der Waals surface area (Å²) in [6, 6.07) is 9.04. The Bertz CT molecular complexity index is 1730. The number of nitrogens with zero attached hydrogens (tertiary/aromatic N) is 3. The molecule has 1 saturated heterocycles. The zero-order valence-corrected chi connectivity index (χ0v) is 27.2. The van der Waals surface area contributed by atoms with Crippen molar-refractivity contribution >= 4 is 33.1 Å². The van der Waals surface area contributed by atoms with Gasteiger partial charge >= 0.3 is 0 Å². The predicted octanol–water partition coefficient (Wildman–Crippen LogP) is 5.53. The first-order valence-corrected chi connectivity index (χ1v) is 17.4. The first kappa shape index (κ1) is 31.9. The van der Waals surface area contributed by atoms with E-state index in [1.54, 1.807) is 24.3 Å². The normalized spacial score (nSPS) is 23.8. The van der Waals surface area contributed by atoms with Gasteiger partial charge in [0.2, 0.25) is 10.0 Å². The number of sulfonamides is 1. The first-order valence-electron chi connectivity index (χ1n) is 15.4. The Morgan fingerprint density at radius 2 is 1.82 bits per heavy atom. The average Bonchev–Trinajstić information content (AvgIpc) is 3.39. The van der Waals surface area contributed by atoms with Crippen LogP contribution >= 0.6 is 11.6 Å². The number of hydrogen-bond donors (Lipinski definition) is 3. The van der Waals surface area contributed by atoms with Crippen LogP contribution in [0.25, 0.3) is 11.3 Å². The summed E-state index contributed by atoms with van der Waals surface area (Å²) in [6.45, 7) is 8.17. The van der Waals surface area contributed by atoms with E-state index in [9.17, 15) is 8.42 Å². The van der Waals surface area contributed by atoms with Gasteiger partial charge in [-0.25, -0.2) is 17.2 Å². The summed E-state index contributed by atoms with van der Waals surface area (Å²) in [5.41, 5.74) is 7.37. The Morgan fingerprint density at radius 3 is 2.47 bits per heavy atom. The monoisotopic (exact) mass is 660 g/mol. The van der Waals surface area contributed by atoms with Crippen molar-refractivity contribution in [2.24, 2.45) is 16.6 Å². The topological polar surface area (TPSA) is 124 Å². The van der Waals surface area contributed by atoms with E-state index in [-0.39, 0.29) is 28.2 Å². The molecular formula is C32H39ClF2N6O3S. The molecule has 2 fully saturated rings. The predicted molar refractivity (Wildman–Crippen MR) is 172 cm³/mol. The second kappa shape index (κ2) is 12.3. The third-order valence-electron chi connectivity index (χ3n) is 9.39. The van der Waals surface area contributed by atoms with E-state index >= 15 is 8.78 Å². The number of ether oxygens (including phenoxy) is 1. The molecular weight excluding hydrogens is 622 g/mol. The number of halogens is 3. The van der Waals surface area contributed by atoms with Gasteiger partial charge < -0.3 is 15.8 Å². The highest BCUT2D eigenvalue weighted by molar-refractivity contribution is 7.91. The van der Waals surface area contributed by atoms with Gasteiger partial charge in [-0.2, -0.15) is 5.10 Å². The Kier molecular flexibility index (Phi) is 8.70. The van der Waals surface area contributed by atoms with Crippen LogP contribution in [0.4, 0.5) is 14.5 Å². The van der Waals surface area contributed by atoms with E-state index < -0.39 is 38.5 Å². The van der Waals surface area contributed by atoms with Crippen molar-refractivity contribution < 1.29 is 21.9 Å². The smallest absolute Gasteiger partial charge is 0.237 e. The standard InChI is InChI=1S/C32H39ClF2N6O3S/c1-18(2)41-30-28(31(36)37-17-32(30,3)20-8-10-21(11-9-20)38-22-14-44-15-22)29(39-41)23-12-26(35)27(13-25(23)34)40-45(42,43)16-19-6-4-5-7-24(19)33/h4-7,12-13,18,20-22,38,40H,8-11,14-17H2,1-3H3,(H2,36,37). The Balaban J connectivity index is 1.32. The molecule has 3 heterocycles. The van der Waals surface area contributed by atoms with Crippen molar-refractivity contribution in [3.05, 3.63) is 69.9 Å². The number of fused-ring (bicyclic) bond motifs is 1. The largest absolute Gasteiger partial charge is 0.383 e. The molecule has 1 unspecified atom stereocenters. The number of nitrogens with two attached hydrogens (primary N) is 1. The molecule has 242 valence electrons. The number of benzene rings is 2. The third kappa shape index (κ3) is 6.22. The van der Waals surface area contributed by atoms with Crippen molar-refractivity contribution in [3.63, 3.8) is 0 Å². The van der Waals surface area contributed by atoms with Crippen molar-refractivity contribution in [1.29, 1.82) is 0 Å². The maximum Gasteiger partial charge on any atom is 0.237 e. The molecule has 9 nitrogen and oxygen atoms in total. The quantitative estimate of drug-likeness (QED) is 0.277. The van der Waals surface area contributed by atoms with Gasteiger partial charge in [-0.1, -0.05) is 36.7 Å². The van der Waals surface area contributed by atoms with Gasteiger partial charge in [-0.15, -0.1) is 0 Å². The molecule has 2 aromatic carbocycles. The summed E-state index contributed by atoms with van der Waals surface area (Å²) in [5.74, 6) is -1.76. The Morgan fingerprint density at radius 1 is 1.11 bits per heavy atom. The summed E-state index contributed by atoms with van der Waals surface area (Å²) >= 11 is 6.11. The fraction of sp³-hybridized carbons (Fsp3) is 0.500. The summed E-state index contributed by atoms with van der Waals surface area (Å²) < 4.78 is 66.4. The number of rotatable bonds is 9. The van der Waals surface area contributed by atoms with Gasteiger partial charge in [-0.05, 0) is 63.1 Å². The molecule has 13 heteroatoms. The number of aliphatic imine (C=N–C) groups is 1. The molecule has 2 aliphatic heterocycles. The fourth-order valence-corrected chi connectivity index (χ4v) is 8.41. The lowest BCUT2D eigenvalue weighted by Crippen LogP contribution is -2.52. The molecule has 1 saturated carbocycles. The van der Waals surface area contributed by atoms with Crippen molar-refractivity contribution in [2.45, 2.75) is 75.7 Å². The van der Waals surface area contributed by atoms with Crippen LogP contribution in [0.5, 0.6) is 0 Å². The van der Waals surface area contributed by atoms with E-state index in [1.807, 2.05) is 18.5 Å². The molecule has 3 aliphatic rings. The molecule has 1 atom stereocenters. The molecule has 3 aromatic rings. The molecule has 45 heavy (non-hydrogen) atoms. The van der Waals surface area contributed by atoms with Crippen LogP contribution in [0.15, 0.2) is 41.4 Å². The van der Waals surface area contributed by atoms with Gasteiger partial charge in [0.25, 0.3) is 0 Å². The lowest BCUT2D eigenvalue weighted by molar-refractivity contribution is -0.0135. The summed E-state index contributed by atoms with van der Waals surface area (Å²) in [6.07, 6.45) is 4.03. The molecule has 1 aliphatic carbocycles. The summed E-state index contributed by atoms with van der Waals surface area (Å²) in [5, 5.41) is 8.78. The van der Waals surface area contributed by atoms with Gasteiger partial charge in [0.05, 0.1) is 48.5 Å². The van der Waals surface area contributed by atoms with Crippen molar-refractivity contribution in [1.82, 2.24) is 15.1 Å². The average molecular weight is 661 g/mol. The zero-order chi connectivity index (χ0) is 32.1. The maximum absolute atomic E-state index is 15.8. The molecule has 0 spiro atoms. The lowest BCUT2D eigenvalue weighted by Gasteiger charge is -2.44. The highest BCUT2D eigenvalue weighted by atomic mass is 35.5. The summed E-state index contributed by atoms with van der Waals surface area (Å²) in [4.78, 5) is 4.70. The van der Waals surface area contributed by atoms with Crippen LogP contribution in [0.3, 0.4) is 0 Å². The lowest BCUT2D eigenvalue weighted by atomic mass is 9.65. The molecule has 0 radical (unpaired) electrons. The second-order valence-corrected chi connectivity index (χ2v) is 15.1. The first-order chi connectivity index (χ1) is 21.4. The van der Waals surface area contributed by atoms with Gasteiger partial charge in [0, 0.05) is 34.2 Å². The van der Waals surface area contributed by atoms with E-state index in [4.69, 9.17) is 32.2 Å². The van der Waals surface area contributed by atoms with Crippen LogP contribution in [0.2, 0.25) is 5.02 Å². The minimum Gasteiger partial charge on any atom is -0.383 e. The number of amidine groups is 1. The van der Waals surface area contributed by atoms with Gasteiger partial charge in [0.15, 0.2) is 0 Å². The second-order valence-electron chi connectivity index (χ2n) is 12.9. The highest BCUT2D eigenvalue weighted by Gasteiger charge is 2.46. The van der Waals surface area contributed by atoms with Crippen LogP contribution < -0.4 is 15.8 Å². The number of anilines is 1. The van der Waals surface area contributed by atoms with Crippen molar-refractivity contribution in [2.75, 3.05) is 24.5 Å². The van der Waals surface area contributed by atoms with Gasteiger partial charge in [0.1, 0.15) is 23.2 Å². The molecule has 4 N–H and O–H groups in total. The fourth-order valence-electron chi connectivity index (χ4n) is 6.91. The number of aromatic nitrogens is 2. The summed E-state index contributed by atoms with van der Waals surface area (Å²) in [7, 11) is -4.10. The SMILES string of the molecule is CC(C)n1nc(-c2cc(F)c(NS(=O)(=O)Cc3ccccc3Cl)cc2F)c2c1C(C)(C1CCC(NC3COC3)CC1)CN=C2N. The van der Waals surface area contributed by atoms with E-state index in [2.05, 4.69) is 17.0 Å². The highest BCUT2D eigenvalue weighted by Crippen LogP contribution is 2.47. The maximum atomic E-state index is 15.8. The molecule has 0 bridgehead atoms. The van der Waals surface area contributed by atoms with Gasteiger partial charge in [-0.3, -0.25) is 14.4 Å². The van der Waals surface area contributed by atoms with E-state index in [1.165, 1.54) is 0 Å². The van der Waals surface area contributed by atoms with Crippen molar-refractivity contribution in [3.8, 4) is 11.3 Å². The zero-order valence-electron chi connectivity index (χ0n) is 25.6. The van der Waals surface area contributed by atoms with Crippen LogP contribution in [-0.2, 0) is 25.9 Å². The van der Waals surface area contributed by atoms with E-state index in [0.717, 1.165) is 56.7 Å². The minimum atomic E-state index is -4.10. The van der Waals surface area contributed by atoms with E-state index in [0.29, 0.717) is 35.7 Å². The Hall–Kier alpha value is -3.06. The van der Waals surface area contributed by atoms with Crippen LogP contribution in [0, 0.1) is 17.6 Å².